The largest absolute Gasteiger partial charge is 0.443 e. The van der Waals surface area contributed by atoms with Crippen molar-refractivity contribution in [3.05, 3.63) is 60.2 Å². The van der Waals surface area contributed by atoms with Gasteiger partial charge >= 0.3 is 6.09 Å². The quantitative estimate of drug-likeness (QED) is 0.282. The Bertz CT molecular complexity index is 1210. The van der Waals surface area contributed by atoms with Gasteiger partial charge in [0.25, 0.3) is 0 Å². The number of hydrogen-bond donors (Lipinski definition) is 4. The molecular formula is C30H45N3O8S. The predicted molar refractivity (Wildman–Crippen MR) is 159 cm³/mol. The number of amides is 1. The maximum Gasteiger partial charge on any atom is 0.407 e. The van der Waals surface area contributed by atoms with E-state index in [1.54, 1.807) is 13.8 Å². The second-order valence-corrected chi connectivity index (χ2v) is 13.3. The lowest BCUT2D eigenvalue weighted by Gasteiger charge is -2.31. The fraction of sp³-hybridized carbons (Fsp3) is 0.567. The molecular weight excluding hydrogens is 562 g/mol. The van der Waals surface area contributed by atoms with E-state index in [0.717, 1.165) is 12.0 Å². The number of hydrogen-bond acceptors (Lipinski definition) is 9. The molecule has 0 aromatic heterocycles. The topological polar surface area (TPSA) is 161 Å². The Balaban J connectivity index is 0.00000114. The first-order valence-electron chi connectivity index (χ1n) is 14.3. The molecule has 2 aliphatic rings. The van der Waals surface area contributed by atoms with E-state index >= 15 is 0 Å². The third-order valence-electron chi connectivity index (χ3n) is 6.79. The predicted octanol–water partition coefficient (Wildman–Crippen LogP) is 2.76. The van der Waals surface area contributed by atoms with Crippen molar-refractivity contribution in [2.75, 3.05) is 32.0 Å². The van der Waals surface area contributed by atoms with E-state index in [0.29, 0.717) is 12.3 Å². The van der Waals surface area contributed by atoms with E-state index < -0.39 is 34.4 Å². The van der Waals surface area contributed by atoms with Gasteiger partial charge < -0.3 is 35.5 Å². The minimum atomic E-state index is -3.93. The number of carbonyl (C=O) groups is 1. The van der Waals surface area contributed by atoms with Crippen molar-refractivity contribution in [2.24, 2.45) is 11.8 Å². The van der Waals surface area contributed by atoms with Crippen LogP contribution in [0, 0.1) is 11.8 Å². The van der Waals surface area contributed by atoms with Crippen LogP contribution < -0.4 is 11.1 Å². The zero-order chi connectivity index (χ0) is 30.9. The van der Waals surface area contributed by atoms with Gasteiger partial charge in [-0.1, -0.05) is 44.2 Å². The monoisotopic (exact) mass is 607 g/mol. The number of sulfonamides is 1. The normalized spacial score (nSPS) is 21.5. The van der Waals surface area contributed by atoms with Crippen molar-refractivity contribution in [2.45, 2.75) is 76.1 Å². The molecule has 0 radical (unpaired) electrons. The number of aliphatic hydroxyl groups excluding tert-OH is 2. The van der Waals surface area contributed by atoms with E-state index in [4.69, 9.17) is 25.1 Å². The average molecular weight is 608 g/mol. The zero-order valence-corrected chi connectivity index (χ0v) is 25.6. The number of anilines is 1. The zero-order valence-electron chi connectivity index (χ0n) is 24.8. The summed E-state index contributed by atoms with van der Waals surface area (Å²) in [7, 11) is -3.93. The molecule has 0 bridgehead atoms. The molecule has 0 aliphatic carbocycles. The van der Waals surface area contributed by atoms with Crippen LogP contribution in [0.4, 0.5) is 10.5 Å². The van der Waals surface area contributed by atoms with Crippen LogP contribution in [0.3, 0.4) is 0 Å². The smallest absolute Gasteiger partial charge is 0.407 e. The van der Waals surface area contributed by atoms with E-state index in [-0.39, 0.29) is 55.2 Å². The number of benzene rings is 2. The van der Waals surface area contributed by atoms with Crippen LogP contribution in [0.1, 0.15) is 39.7 Å². The second-order valence-electron chi connectivity index (χ2n) is 11.4. The second kappa shape index (κ2) is 15.6. The highest BCUT2D eigenvalue weighted by molar-refractivity contribution is 7.89. The third-order valence-corrected chi connectivity index (χ3v) is 8.63. The number of nitrogens with zero attached hydrogens (tertiary/aromatic N) is 1. The third kappa shape index (κ3) is 9.92. The summed E-state index contributed by atoms with van der Waals surface area (Å²) in [6.07, 6.45) is -1.85. The summed E-state index contributed by atoms with van der Waals surface area (Å²) in [5, 5.41) is 22.2. The van der Waals surface area contributed by atoms with Crippen LogP contribution in [0.2, 0.25) is 0 Å². The number of fused-ring (bicyclic) bond motifs is 1. The highest BCUT2D eigenvalue weighted by atomic mass is 32.2. The maximum atomic E-state index is 13.5. The lowest BCUT2D eigenvalue weighted by atomic mass is 10.0. The van der Waals surface area contributed by atoms with Crippen LogP contribution in [0.5, 0.6) is 0 Å². The van der Waals surface area contributed by atoms with Crippen molar-refractivity contribution in [3.8, 4) is 0 Å². The van der Waals surface area contributed by atoms with Crippen LogP contribution in [-0.2, 0) is 30.7 Å². The van der Waals surface area contributed by atoms with Crippen LogP contribution >= 0.6 is 0 Å². The van der Waals surface area contributed by atoms with Gasteiger partial charge in [0.1, 0.15) is 6.10 Å². The van der Waals surface area contributed by atoms with Gasteiger partial charge in [-0.2, -0.15) is 4.31 Å². The fourth-order valence-corrected chi connectivity index (χ4v) is 6.45. The first-order valence-corrected chi connectivity index (χ1v) is 15.8. The van der Waals surface area contributed by atoms with Gasteiger partial charge in [-0.15, -0.1) is 0 Å². The van der Waals surface area contributed by atoms with Gasteiger partial charge in [-0.3, -0.25) is 0 Å². The summed E-state index contributed by atoms with van der Waals surface area (Å²) in [5.41, 5.74) is 7.07. The minimum absolute atomic E-state index is 0.000183. The number of nitrogens with one attached hydrogen (secondary N) is 1. The van der Waals surface area contributed by atoms with Crippen molar-refractivity contribution >= 4 is 21.8 Å². The molecule has 2 aliphatic heterocycles. The minimum Gasteiger partial charge on any atom is -0.443 e. The highest BCUT2D eigenvalue weighted by Crippen LogP contribution is 2.33. The number of aliphatic hydroxyl groups is 2. The Hall–Kier alpha value is -2.74. The molecule has 11 nitrogen and oxygen atoms in total. The molecule has 5 atom stereocenters. The summed E-state index contributed by atoms with van der Waals surface area (Å²) in [6.45, 7) is 8.02. The summed E-state index contributed by atoms with van der Waals surface area (Å²) < 4.78 is 44.9. The molecule has 2 saturated heterocycles. The Morgan fingerprint density at radius 2 is 1.69 bits per heavy atom. The molecule has 12 heteroatoms. The Morgan fingerprint density at radius 3 is 2.31 bits per heavy atom. The summed E-state index contributed by atoms with van der Waals surface area (Å²) in [5.74, 6) is -0.0231. The van der Waals surface area contributed by atoms with Gasteiger partial charge in [0.2, 0.25) is 10.0 Å². The first-order chi connectivity index (χ1) is 19.9. The molecule has 4 rings (SSSR count). The van der Waals surface area contributed by atoms with Crippen molar-refractivity contribution < 1.29 is 37.6 Å². The van der Waals surface area contributed by atoms with Crippen LogP contribution in [0.15, 0.2) is 59.5 Å². The number of alkyl carbamates (subject to hydrolysis) is 1. The van der Waals surface area contributed by atoms with Crippen molar-refractivity contribution in [1.82, 2.24) is 9.62 Å². The van der Waals surface area contributed by atoms with Gasteiger partial charge in [0.15, 0.2) is 6.29 Å². The molecule has 2 unspecified atom stereocenters. The number of nitrogens with two attached hydrogens (primary N) is 1. The molecule has 0 saturated carbocycles. The standard InChI is InChI=1S/C27H37N3O7S.C3H8O/c1-18(2)15-30(38(33,34)21-10-8-20(28)9-11-21)16-24(31)23(14-19-6-4-3-5-7-19)29-27(32)37-25-17-36-26-22(25)12-13-35-26;1-3(2)4/h3-11,18,22-26,31H,12-17,28H2,1-2H3,(H,29,32);3-4H,1-2H3/t22-,23?,24?,25-,26+;/m0./s1. The molecule has 2 aromatic rings. The highest BCUT2D eigenvalue weighted by Gasteiger charge is 2.44. The lowest BCUT2D eigenvalue weighted by molar-refractivity contribution is -0.0907. The molecule has 0 spiro atoms. The average Bonchev–Trinajstić information content (AvgIpc) is 3.53. The van der Waals surface area contributed by atoms with Crippen LogP contribution in [0.25, 0.3) is 0 Å². The van der Waals surface area contributed by atoms with Crippen molar-refractivity contribution in [1.29, 1.82) is 0 Å². The molecule has 5 N–H and O–H groups in total. The number of ether oxygens (including phenoxy) is 3. The van der Waals surface area contributed by atoms with E-state index in [1.807, 2.05) is 44.2 Å². The SMILES string of the molecule is CC(C)CN(CC(O)C(Cc1ccccc1)NC(=O)O[C@H]1CO[C@H]2OCC[C@H]21)S(=O)(=O)c1ccc(N)cc1.CC(C)O. The van der Waals surface area contributed by atoms with Gasteiger partial charge in [0.05, 0.1) is 36.2 Å². The Kier molecular flexibility index (Phi) is 12.6. The molecule has 2 aromatic carbocycles. The fourth-order valence-electron chi connectivity index (χ4n) is 4.82. The van der Waals surface area contributed by atoms with E-state index in [1.165, 1.54) is 28.6 Å². The van der Waals surface area contributed by atoms with Gasteiger partial charge in [-0.05, 0) is 62.4 Å². The molecule has 42 heavy (non-hydrogen) atoms. The first kappa shape index (κ1) is 33.8. The molecule has 1 amide bonds. The van der Waals surface area contributed by atoms with Crippen molar-refractivity contribution in [3.63, 3.8) is 0 Å². The number of nitrogen functional groups attached to an aromatic ring is 1. The summed E-state index contributed by atoms with van der Waals surface area (Å²) in [6, 6.07) is 14.5. The molecule has 234 valence electrons. The Morgan fingerprint density at radius 1 is 1.05 bits per heavy atom. The van der Waals surface area contributed by atoms with Gasteiger partial charge in [-0.25, -0.2) is 13.2 Å². The maximum absolute atomic E-state index is 13.5. The van der Waals surface area contributed by atoms with Crippen LogP contribution in [-0.4, -0.2) is 86.0 Å². The lowest BCUT2D eigenvalue weighted by Crippen LogP contribution is -2.51. The molecule has 2 heterocycles. The number of rotatable bonds is 11. The van der Waals surface area contributed by atoms with E-state index in [9.17, 15) is 18.3 Å². The summed E-state index contributed by atoms with van der Waals surface area (Å²) in [4.78, 5) is 13.0. The number of carbonyl (C=O) groups excluding carboxylic acids is 1. The summed E-state index contributed by atoms with van der Waals surface area (Å²) >= 11 is 0. The Labute approximate surface area is 249 Å². The van der Waals surface area contributed by atoms with Gasteiger partial charge in [0, 0.05) is 24.9 Å². The molecule has 2 fully saturated rings. The van der Waals surface area contributed by atoms with E-state index in [2.05, 4.69) is 5.32 Å².